The van der Waals surface area contributed by atoms with Crippen LogP contribution in [0.25, 0.3) is 0 Å². The van der Waals surface area contributed by atoms with Gasteiger partial charge in [0.15, 0.2) is 5.72 Å². The molecular formula is C24H46N2O3. The first kappa shape index (κ1) is 25.9. The highest BCUT2D eigenvalue weighted by Gasteiger charge is 2.36. The van der Waals surface area contributed by atoms with Crippen molar-refractivity contribution in [1.29, 1.82) is 0 Å². The highest BCUT2D eigenvalue weighted by molar-refractivity contribution is 5.87. The van der Waals surface area contributed by atoms with Crippen LogP contribution in [0.4, 0.5) is 0 Å². The van der Waals surface area contributed by atoms with Gasteiger partial charge >= 0.3 is 5.97 Å². The minimum absolute atomic E-state index is 0.0756. The lowest BCUT2D eigenvalue weighted by molar-refractivity contribution is -0.137. The quantitative estimate of drug-likeness (QED) is 0.251. The molecule has 0 aromatic carbocycles. The van der Waals surface area contributed by atoms with Crippen molar-refractivity contribution < 1.29 is 15.0 Å². The third-order valence-corrected chi connectivity index (χ3v) is 5.97. The summed E-state index contributed by atoms with van der Waals surface area (Å²) in [5.41, 5.74) is -1.09. The lowest BCUT2D eigenvalue weighted by atomic mass is 10.0. The monoisotopic (exact) mass is 410 g/mol. The van der Waals surface area contributed by atoms with Crippen molar-refractivity contribution in [2.45, 2.75) is 129 Å². The third-order valence-electron chi connectivity index (χ3n) is 5.97. The van der Waals surface area contributed by atoms with E-state index in [1.54, 1.807) is 4.90 Å². The molecule has 1 unspecified atom stereocenters. The van der Waals surface area contributed by atoms with Crippen LogP contribution in [0, 0.1) is 0 Å². The summed E-state index contributed by atoms with van der Waals surface area (Å²) in [6, 6.07) is 0. The van der Waals surface area contributed by atoms with Gasteiger partial charge in [0.05, 0.1) is 6.54 Å². The minimum Gasteiger partial charge on any atom is -0.480 e. The summed E-state index contributed by atoms with van der Waals surface area (Å²) in [5, 5.41) is 19.7. The van der Waals surface area contributed by atoms with Gasteiger partial charge in [-0.05, 0) is 12.8 Å². The zero-order chi connectivity index (χ0) is 21.4. The molecule has 0 amide bonds. The average Bonchev–Trinajstić information content (AvgIpc) is 3.00. The number of carboxylic acid groups (broad SMARTS) is 1. The van der Waals surface area contributed by atoms with Crippen molar-refractivity contribution in [3.63, 3.8) is 0 Å². The second-order valence-electron chi connectivity index (χ2n) is 8.81. The van der Waals surface area contributed by atoms with E-state index in [9.17, 15) is 9.90 Å². The molecule has 5 nitrogen and oxygen atoms in total. The average molecular weight is 411 g/mol. The molecule has 1 atom stereocenters. The topological polar surface area (TPSA) is 73.1 Å². The number of amidine groups is 1. The van der Waals surface area contributed by atoms with E-state index >= 15 is 0 Å². The maximum atomic E-state index is 11.0. The molecule has 170 valence electrons. The molecular weight excluding hydrogens is 364 g/mol. The second kappa shape index (κ2) is 15.7. The summed E-state index contributed by atoms with van der Waals surface area (Å²) < 4.78 is 0. The number of rotatable bonds is 19. The fourth-order valence-electron chi connectivity index (χ4n) is 4.27. The summed E-state index contributed by atoms with van der Waals surface area (Å²) in [5.74, 6) is -0.154. The third kappa shape index (κ3) is 12.2. The highest BCUT2D eigenvalue weighted by atomic mass is 16.4. The van der Waals surface area contributed by atoms with Crippen molar-refractivity contribution >= 4 is 11.8 Å². The Morgan fingerprint density at radius 3 is 1.72 bits per heavy atom. The Labute approximate surface area is 179 Å². The van der Waals surface area contributed by atoms with Crippen LogP contribution in [-0.2, 0) is 4.79 Å². The van der Waals surface area contributed by atoms with Crippen LogP contribution in [0.5, 0.6) is 0 Å². The lowest BCUT2D eigenvalue weighted by Gasteiger charge is -2.22. The molecule has 0 aromatic rings. The number of carbonyl (C=O) groups is 1. The fraction of sp³-hybridized carbons (Fsp3) is 0.917. The smallest absolute Gasteiger partial charge is 0.323 e. The van der Waals surface area contributed by atoms with Gasteiger partial charge in [-0.1, -0.05) is 104 Å². The first-order valence-electron chi connectivity index (χ1n) is 12.3. The minimum atomic E-state index is -1.09. The summed E-state index contributed by atoms with van der Waals surface area (Å²) in [6.07, 6.45) is 21.1. The van der Waals surface area contributed by atoms with Gasteiger partial charge in [-0.3, -0.25) is 4.79 Å². The summed E-state index contributed by atoms with van der Waals surface area (Å²) >= 11 is 0. The number of β-amino-alcohol motifs (C(OH)–C–C–N with tert-alkyl or cyclic N) is 1. The number of unbranched alkanes of at least 4 members (excludes halogenated alkanes) is 14. The van der Waals surface area contributed by atoms with Crippen LogP contribution in [0.3, 0.4) is 0 Å². The summed E-state index contributed by atoms with van der Waals surface area (Å²) in [7, 11) is 0. The molecule has 5 heteroatoms. The Morgan fingerprint density at radius 2 is 1.31 bits per heavy atom. The number of hydrogen-bond acceptors (Lipinski definition) is 4. The molecule has 1 aliphatic rings. The molecule has 0 saturated heterocycles. The molecule has 29 heavy (non-hydrogen) atoms. The number of aliphatic carboxylic acids is 1. The van der Waals surface area contributed by atoms with Crippen LogP contribution in [0.1, 0.15) is 123 Å². The molecule has 0 aromatic heterocycles. The van der Waals surface area contributed by atoms with E-state index in [0.29, 0.717) is 19.4 Å². The maximum absolute atomic E-state index is 11.0. The van der Waals surface area contributed by atoms with Gasteiger partial charge in [0.25, 0.3) is 0 Å². The lowest BCUT2D eigenvalue weighted by Crippen LogP contribution is -2.38. The Hall–Kier alpha value is -1.10. The van der Waals surface area contributed by atoms with Crippen LogP contribution in [-0.4, -0.2) is 45.7 Å². The first-order valence-corrected chi connectivity index (χ1v) is 12.3. The molecule has 0 bridgehead atoms. The van der Waals surface area contributed by atoms with Crippen molar-refractivity contribution in [2.75, 3.05) is 13.1 Å². The second-order valence-corrected chi connectivity index (χ2v) is 8.81. The van der Waals surface area contributed by atoms with Crippen LogP contribution in [0.2, 0.25) is 0 Å². The maximum Gasteiger partial charge on any atom is 0.323 e. The fourth-order valence-corrected chi connectivity index (χ4v) is 4.27. The van der Waals surface area contributed by atoms with Crippen LogP contribution < -0.4 is 0 Å². The number of aliphatic hydroxyl groups is 1. The van der Waals surface area contributed by atoms with E-state index in [0.717, 1.165) is 18.7 Å². The predicted molar refractivity (Wildman–Crippen MR) is 121 cm³/mol. The van der Waals surface area contributed by atoms with E-state index in [2.05, 4.69) is 11.9 Å². The number of nitrogens with zero attached hydrogens (tertiary/aromatic N) is 2. The van der Waals surface area contributed by atoms with E-state index in [-0.39, 0.29) is 6.54 Å². The number of hydrogen-bond donors (Lipinski definition) is 2. The summed E-state index contributed by atoms with van der Waals surface area (Å²) in [4.78, 5) is 17.1. The van der Waals surface area contributed by atoms with Crippen LogP contribution >= 0.6 is 0 Å². The number of carboxylic acids is 1. The zero-order valence-corrected chi connectivity index (χ0v) is 19.1. The van der Waals surface area contributed by atoms with Gasteiger partial charge in [-0.25, -0.2) is 4.99 Å². The molecule has 0 spiro atoms. The first-order chi connectivity index (χ1) is 14.0. The number of aliphatic imine (C=N–C) groups is 1. The SMILES string of the molecule is CCCCCCCCCCCCCCCCCC1(O)CN(CC(=O)O)C(CC)=N1. The highest BCUT2D eigenvalue weighted by Crippen LogP contribution is 2.26. The van der Waals surface area contributed by atoms with Gasteiger partial charge in [-0.15, -0.1) is 0 Å². The Bertz CT molecular complexity index is 467. The van der Waals surface area contributed by atoms with Gasteiger partial charge in [0.1, 0.15) is 12.4 Å². The van der Waals surface area contributed by atoms with Crippen molar-refractivity contribution in [3.05, 3.63) is 0 Å². The molecule has 0 fully saturated rings. The van der Waals surface area contributed by atoms with E-state index in [1.807, 2.05) is 6.92 Å². The van der Waals surface area contributed by atoms with Gasteiger partial charge in [-0.2, -0.15) is 0 Å². The van der Waals surface area contributed by atoms with Gasteiger partial charge in [0, 0.05) is 6.42 Å². The van der Waals surface area contributed by atoms with Gasteiger partial charge in [0.2, 0.25) is 0 Å². The van der Waals surface area contributed by atoms with E-state index < -0.39 is 11.7 Å². The molecule has 0 radical (unpaired) electrons. The Morgan fingerprint density at radius 1 is 0.862 bits per heavy atom. The Balaban J connectivity index is 1.95. The normalized spacial score (nSPS) is 19.0. The van der Waals surface area contributed by atoms with Crippen molar-refractivity contribution in [1.82, 2.24) is 4.90 Å². The molecule has 0 aliphatic carbocycles. The molecule has 0 saturated carbocycles. The zero-order valence-electron chi connectivity index (χ0n) is 19.1. The molecule has 1 heterocycles. The largest absolute Gasteiger partial charge is 0.480 e. The summed E-state index contributed by atoms with van der Waals surface area (Å²) in [6.45, 7) is 4.47. The van der Waals surface area contributed by atoms with Crippen molar-refractivity contribution in [3.8, 4) is 0 Å². The molecule has 2 N–H and O–H groups in total. The standard InChI is InChI=1S/C24H46N2O3/c1-3-5-6-7-8-9-10-11-12-13-14-15-16-17-18-19-24(29)21-26(20-23(27)28)22(4-2)25-24/h29H,3-21H2,1-2H3,(H,27,28). The Kier molecular flexibility index (Phi) is 14.0. The van der Waals surface area contributed by atoms with Crippen LogP contribution in [0.15, 0.2) is 4.99 Å². The van der Waals surface area contributed by atoms with E-state index in [1.165, 1.54) is 83.5 Å². The molecule has 1 aliphatic heterocycles. The van der Waals surface area contributed by atoms with Gasteiger partial charge < -0.3 is 15.1 Å². The van der Waals surface area contributed by atoms with Crippen molar-refractivity contribution in [2.24, 2.45) is 4.99 Å². The van der Waals surface area contributed by atoms with E-state index in [4.69, 9.17) is 5.11 Å². The molecule has 1 rings (SSSR count). The predicted octanol–water partition coefficient (Wildman–Crippen LogP) is 6.15.